The first-order valence-electron chi connectivity index (χ1n) is 5.94. The minimum absolute atomic E-state index is 0.122. The second-order valence-corrected chi connectivity index (χ2v) is 4.56. The average Bonchev–Trinajstić information content (AvgIpc) is 2.33. The monoisotopic (exact) mass is 236 g/mol. The van der Waals surface area contributed by atoms with Crippen molar-refractivity contribution in [1.29, 1.82) is 0 Å². The highest BCUT2D eigenvalue weighted by Gasteiger charge is 2.22. The minimum Gasteiger partial charge on any atom is -0.349 e. The van der Waals surface area contributed by atoms with Crippen LogP contribution in [0.25, 0.3) is 0 Å². The van der Waals surface area contributed by atoms with Crippen LogP contribution in [-0.2, 0) is 0 Å². The summed E-state index contributed by atoms with van der Waals surface area (Å²) in [5, 5.41) is 6.29. The maximum absolute atomic E-state index is 12.7. The van der Waals surface area contributed by atoms with E-state index in [0.29, 0.717) is 11.5 Å². The second-order valence-electron chi connectivity index (χ2n) is 4.56. The highest BCUT2D eigenvalue weighted by molar-refractivity contribution is 5.94. The molecular formula is C13H17FN2O. The molecule has 1 fully saturated rings. The first-order valence-corrected chi connectivity index (χ1v) is 5.94. The van der Waals surface area contributed by atoms with Gasteiger partial charge in [-0.25, -0.2) is 4.39 Å². The molecule has 1 aromatic rings. The number of halogens is 1. The van der Waals surface area contributed by atoms with Gasteiger partial charge in [-0.2, -0.15) is 0 Å². The maximum Gasteiger partial charge on any atom is 0.251 e. The Morgan fingerprint density at radius 2 is 2.12 bits per heavy atom. The molecule has 3 nitrogen and oxygen atoms in total. The lowest BCUT2D eigenvalue weighted by Gasteiger charge is -2.30. The molecule has 2 N–H and O–H groups in total. The summed E-state index contributed by atoms with van der Waals surface area (Å²) in [4.78, 5) is 11.9. The van der Waals surface area contributed by atoms with Crippen molar-refractivity contribution in [2.75, 3.05) is 13.1 Å². The third kappa shape index (κ3) is 3.03. The summed E-state index contributed by atoms with van der Waals surface area (Å²) >= 11 is 0. The van der Waals surface area contributed by atoms with Crippen molar-refractivity contribution in [3.63, 3.8) is 0 Å². The van der Waals surface area contributed by atoms with Crippen molar-refractivity contribution in [3.05, 3.63) is 35.6 Å². The molecule has 17 heavy (non-hydrogen) atoms. The van der Waals surface area contributed by atoms with Crippen LogP contribution in [0.2, 0.25) is 0 Å². The van der Waals surface area contributed by atoms with Crippen molar-refractivity contribution in [1.82, 2.24) is 10.6 Å². The fraction of sp³-hybridized carbons (Fsp3) is 0.462. The number of piperidine rings is 1. The van der Waals surface area contributed by atoms with E-state index in [4.69, 9.17) is 0 Å². The van der Waals surface area contributed by atoms with Crippen LogP contribution in [0.15, 0.2) is 24.3 Å². The largest absolute Gasteiger partial charge is 0.349 e. The van der Waals surface area contributed by atoms with E-state index < -0.39 is 0 Å². The van der Waals surface area contributed by atoms with Crippen LogP contribution in [0.1, 0.15) is 23.7 Å². The number of carbonyl (C=O) groups excluding carboxylic acids is 1. The third-order valence-corrected chi connectivity index (χ3v) is 3.21. The van der Waals surface area contributed by atoms with E-state index >= 15 is 0 Å². The molecule has 0 saturated carbocycles. The normalized spacial score (nSPS) is 24.4. The average molecular weight is 236 g/mol. The summed E-state index contributed by atoms with van der Waals surface area (Å²) in [5.74, 6) is -0.0197. The van der Waals surface area contributed by atoms with Crippen LogP contribution in [0, 0.1) is 11.7 Å². The zero-order valence-corrected chi connectivity index (χ0v) is 9.87. The summed E-state index contributed by atoms with van der Waals surface area (Å²) in [5.41, 5.74) is 0.511. The van der Waals surface area contributed by atoms with E-state index in [1.54, 1.807) is 0 Å². The van der Waals surface area contributed by atoms with Crippen LogP contribution < -0.4 is 10.6 Å². The van der Waals surface area contributed by atoms with Crippen LogP contribution in [0.4, 0.5) is 4.39 Å². The van der Waals surface area contributed by atoms with E-state index in [1.807, 2.05) is 0 Å². The number of benzene rings is 1. The van der Waals surface area contributed by atoms with Crippen molar-refractivity contribution in [2.45, 2.75) is 19.4 Å². The van der Waals surface area contributed by atoms with E-state index in [-0.39, 0.29) is 17.8 Å². The zero-order valence-electron chi connectivity index (χ0n) is 9.87. The molecule has 1 aliphatic heterocycles. The number of amides is 1. The molecule has 0 radical (unpaired) electrons. The van der Waals surface area contributed by atoms with Gasteiger partial charge in [-0.1, -0.05) is 6.92 Å². The van der Waals surface area contributed by atoms with Gasteiger partial charge in [-0.3, -0.25) is 4.79 Å². The number of nitrogens with one attached hydrogen (secondary N) is 2. The van der Waals surface area contributed by atoms with Crippen LogP contribution >= 0.6 is 0 Å². The van der Waals surface area contributed by atoms with Crippen molar-refractivity contribution >= 4 is 5.91 Å². The highest BCUT2D eigenvalue weighted by atomic mass is 19.1. The summed E-state index contributed by atoms with van der Waals surface area (Å²) in [6.07, 6.45) is 0.939. The Balaban J connectivity index is 1.98. The zero-order chi connectivity index (χ0) is 12.3. The first kappa shape index (κ1) is 12.0. The van der Waals surface area contributed by atoms with Gasteiger partial charge in [0, 0.05) is 11.6 Å². The Kier molecular flexibility index (Phi) is 3.74. The fourth-order valence-corrected chi connectivity index (χ4v) is 2.08. The summed E-state index contributed by atoms with van der Waals surface area (Å²) in [6.45, 7) is 3.97. The molecule has 1 aliphatic rings. The number of rotatable bonds is 2. The van der Waals surface area contributed by atoms with Gasteiger partial charge in [0.25, 0.3) is 5.91 Å². The Morgan fingerprint density at radius 3 is 2.76 bits per heavy atom. The molecule has 1 amide bonds. The molecule has 0 aliphatic carbocycles. The molecule has 2 rings (SSSR count). The molecule has 0 aromatic heterocycles. The first-order chi connectivity index (χ1) is 8.16. The molecule has 1 saturated heterocycles. The van der Waals surface area contributed by atoms with Gasteiger partial charge in [-0.15, -0.1) is 0 Å². The molecule has 2 unspecified atom stereocenters. The second kappa shape index (κ2) is 5.27. The lowest BCUT2D eigenvalue weighted by Crippen LogP contribution is -2.48. The lowest BCUT2D eigenvalue weighted by atomic mass is 9.95. The Labute approximate surface area is 100 Å². The molecule has 92 valence electrons. The van der Waals surface area contributed by atoms with Gasteiger partial charge in [-0.05, 0) is 49.7 Å². The fourth-order valence-electron chi connectivity index (χ4n) is 2.08. The van der Waals surface area contributed by atoms with Gasteiger partial charge in [0.15, 0.2) is 0 Å². The molecular weight excluding hydrogens is 219 g/mol. The maximum atomic E-state index is 12.7. The van der Waals surface area contributed by atoms with Gasteiger partial charge >= 0.3 is 0 Å². The van der Waals surface area contributed by atoms with Crippen molar-refractivity contribution in [2.24, 2.45) is 5.92 Å². The lowest BCUT2D eigenvalue weighted by molar-refractivity contribution is 0.0914. The SMILES string of the molecule is CC1CNCCC1NC(=O)c1ccc(F)cc1. The van der Waals surface area contributed by atoms with E-state index in [1.165, 1.54) is 24.3 Å². The summed E-state index contributed by atoms with van der Waals surface area (Å²) < 4.78 is 12.7. The predicted octanol–water partition coefficient (Wildman–Crippen LogP) is 1.55. The molecule has 0 bridgehead atoms. The van der Waals surface area contributed by atoms with Gasteiger partial charge in [0.1, 0.15) is 5.82 Å². The smallest absolute Gasteiger partial charge is 0.251 e. The number of hydrogen-bond acceptors (Lipinski definition) is 2. The molecule has 1 heterocycles. The van der Waals surface area contributed by atoms with Gasteiger partial charge in [0.2, 0.25) is 0 Å². The van der Waals surface area contributed by atoms with Crippen LogP contribution in [-0.4, -0.2) is 25.0 Å². The van der Waals surface area contributed by atoms with E-state index in [2.05, 4.69) is 17.6 Å². The molecule has 1 aromatic carbocycles. The molecule has 0 spiro atoms. The Bertz CT molecular complexity index is 391. The van der Waals surface area contributed by atoms with Crippen molar-refractivity contribution in [3.8, 4) is 0 Å². The number of carbonyl (C=O) groups is 1. The quantitative estimate of drug-likeness (QED) is 0.818. The summed E-state index contributed by atoms with van der Waals surface area (Å²) in [6, 6.07) is 5.84. The van der Waals surface area contributed by atoms with Crippen LogP contribution in [0.3, 0.4) is 0 Å². The molecule has 2 atom stereocenters. The Hall–Kier alpha value is -1.42. The number of hydrogen-bond donors (Lipinski definition) is 2. The summed E-state index contributed by atoms with van der Waals surface area (Å²) in [7, 11) is 0. The third-order valence-electron chi connectivity index (χ3n) is 3.21. The topological polar surface area (TPSA) is 41.1 Å². The van der Waals surface area contributed by atoms with Gasteiger partial charge < -0.3 is 10.6 Å². The van der Waals surface area contributed by atoms with E-state index in [9.17, 15) is 9.18 Å². The minimum atomic E-state index is -0.322. The van der Waals surface area contributed by atoms with E-state index in [0.717, 1.165) is 19.5 Å². The standard InChI is InChI=1S/C13H17FN2O/c1-9-8-15-7-6-12(9)16-13(17)10-2-4-11(14)5-3-10/h2-5,9,12,15H,6-8H2,1H3,(H,16,17). The predicted molar refractivity (Wildman–Crippen MR) is 64.3 cm³/mol. The van der Waals surface area contributed by atoms with Gasteiger partial charge in [0.05, 0.1) is 0 Å². The van der Waals surface area contributed by atoms with Crippen molar-refractivity contribution < 1.29 is 9.18 Å². The Morgan fingerprint density at radius 1 is 1.41 bits per heavy atom. The van der Waals surface area contributed by atoms with Crippen LogP contribution in [0.5, 0.6) is 0 Å². The molecule has 4 heteroatoms. The highest BCUT2D eigenvalue weighted by Crippen LogP contribution is 2.11.